The molecule has 0 fully saturated rings. The van der Waals surface area contributed by atoms with Crippen LogP contribution in [0.2, 0.25) is 0 Å². The molecule has 1 amide bonds. The third-order valence-corrected chi connectivity index (χ3v) is 8.02. The highest BCUT2D eigenvalue weighted by atomic mass is 16.5. The summed E-state index contributed by atoms with van der Waals surface area (Å²) in [6.45, 7) is 17.5. The molecule has 4 rings (SSSR count). The molecule has 0 spiro atoms. The van der Waals surface area contributed by atoms with E-state index in [1.807, 2.05) is 6.92 Å². The Morgan fingerprint density at radius 3 is 2.20 bits per heavy atom. The molecule has 1 aliphatic heterocycles. The number of nitrogens with zero attached hydrogens (tertiary/aromatic N) is 2. The van der Waals surface area contributed by atoms with Crippen molar-refractivity contribution in [2.75, 3.05) is 0 Å². The molecular weight excluding hydrogens is 574 g/mol. The highest BCUT2D eigenvalue weighted by Crippen LogP contribution is 2.40. The average Bonchev–Trinajstić information content (AvgIpc) is 3.31. The number of esters is 2. The second-order valence-electron chi connectivity index (χ2n) is 14.1. The van der Waals surface area contributed by atoms with E-state index in [2.05, 4.69) is 5.32 Å². The van der Waals surface area contributed by atoms with Gasteiger partial charge >= 0.3 is 11.9 Å². The molecule has 10 heteroatoms. The van der Waals surface area contributed by atoms with Gasteiger partial charge in [0.2, 0.25) is 0 Å². The van der Waals surface area contributed by atoms with Gasteiger partial charge in [-0.05, 0) is 98.1 Å². The van der Waals surface area contributed by atoms with E-state index in [0.29, 0.717) is 29.1 Å². The minimum absolute atomic E-state index is 0.0249. The SMILES string of the molecule is CCc1c2c(nc3ccc(OC(=O)C(C)(C)C)cc13)-c1cc([C@@](O)(CC)C(=O)NC(C)C)c(COC(=O)C(C)(C)C)c(=O)n1C2. The molecule has 0 radical (unpaired) electrons. The summed E-state index contributed by atoms with van der Waals surface area (Å²) in [5.74, 6) is -1.12. The highest BCUT2D eigenvalue weighted by molar-refractivity contribution is 5.91. The summed E-state index contributed by atoms with van der Waals surface area (Å²) >= 11 is 0. The number of hydrogen-bond donors (Lipinski definition) is 2. The van der Waals surface area contributed by atoms with E-state index >= 15 is 0 Å². The van der Waals surface area contributed by atoms with Crippen LogP contribution in [0, 0.1) is 10.8 Å². The first kappa shape index (κ1) is 33.8. The number of ether oxygens (including phenoxy) is 2. The minimum atomic E-state index is -2.07. The Labute approximate surface area is 264 Å². The first-order valence-electron chi connectivity index (χ1n) is 15.5. The minimum Gasteiger partial charge on any atom is -0.460 e. The summed E-state index contributed by atoms with van der Waals surface area (Å²) in [7, 11) is 0. The maximum atomic E-state index is 14.2. The molecular formula is C35H45N3O7. The van der Waals surface area contributed by atoms with Crippen LogP contribution in [-0.2, 0) is 44.3 Å². The van der Waals surface area contributed by atoms with Crippen LogP contribution in [-0.4, -0.2) is 38.5 Å². The zero-order valence-electron chi connectivity index (χ0n) is 28.0. The number of aliphatic hydroxyl groups is 1. The van der Waals surface area contributed by atoms with Gasteiger partial charge in [-0.25, -0.2) is 4.98 Å². The summed E-state index contributed by atoms with van der Waals surface area (Å²) < 4.78 is 12.8. The summed E-state index contributed by atoms with van der Waals surface area (Å²) in [6, 6.07) is 6.64. The van der Waals surface area contributed by atoms with E-state index in [9.17, 15) is 24.3 Å². The molecule has 0 saturated heterocycles. The third-order valence-electron chi connectivity index (χ3n) is 8.02. The van der Waals surface area contributed by atoms with Crippen LogP contribution in [0.25, 0.3) is 22.3 Å². The van der Waals surface area contributed by atoms with Crippen molar-refractivity contribution in [3.63, 3.8) is 0 Å². The van der Waals surface area contributed by atoms with Crippen molar-refractivity contribution < 1.29 is 29.0 Å². The Balaban J connectivity index is 1.93. The van der Waals surface area contributed by atoms with Gasteiger partial charge in [-0.2, -0.15) is 0 Å². The van der Waals surface area contributed by atoms with Crippen molar-refractivity contribution >= 4 is 28.7 Å². The van der Waals surface area contributed by atoms with Gasteiger partial charge in [0.15, 0.2) is 5.60 Å². The number of carbonyl (C=O) groups is 3. The topological polar surface area (TPSA) is 137 Å². The van der Waals surface area contributed by atoms with E-state index in [1.54, 1.807) is 91.1 Å². The molecule has 0 aliphatic carbocycles. The standard InChI is InChI=1S/C35H45N3O7/c1-11-21-22-15-20(45-32(42)34(8,9)10)13-14-26(22)37-28-23(21)17-38-27(28)16-25(35(43,12-2)30(40)36-19(3)4)24(29(38)39)18-44-31(41)33(5,6)7/h13-16,19,43H,11-12,17-18H2,1-10H3,(H,36,40)/t35-/m0/s1. The molecule has 3 heterocycles. The first-order chi connectivity index (χ1) is 20.8. The van der Waals surface area contributed by atoms with Crippen LogP contribution in [0.4, 0.5) is 0 Å². The number of aromatic nitrogens is 2. The van der Waals surface area contributed by atoms with Gasteiger partial charge in [-0.1, -0.05) is 13.8 Å². The zero-order valence-corrected chi connectivity index (χ0v) is 28.0. The molecule has 45 heavy (non-hydrogen) atoms. The first-order valence-corrected chi connectivity index (χ1v) is 15.5. The normalized spacial score (nSPS) is 14.1. The summed E-state index contributed by atoms with van der Waals surface area (Å²) in [5, 5.41) is 15.5. The number of pyridine rings is 2. The van der Waals surface area contributed by atoms with E-state index < -0.39 is 40.5 Å². The van der Waals surface area contributed by atoms with Gasteiger partial charge in [-0.3, -0.25) is 19.2 Å². The quantitative estimate of drug-likeness (QED) is 0.204. The number of fused-ring (bicyclic) bond motifs is 4. The van der Waals surface area contributed by atoms with Gasteiger partial charge in [-0.15, -0.1) is 0 Å². The number of carbonyl (C=O) groups excluding carboxylic acids is 3. The monoisotopic (exact) mass is 619 g/mol. The number of benzene rings is 1. The molecule has 0 bridgehead atoms. The summed E-state index contributed by atoms with van der Waals surface area (Å²) in [6.07, 6.45) is 0.586. The third kappa shape index (κ3) is 6.38. The Bertz CT molecular complexity index is 1740. The Morgan fingerprint density at radius 2 is 1.64 bits per heavy atom. The maximum absolute atomic E-state index is 14.2. The fraction of sp³-hybridized carbons (Fsp3) is 0.514. The molecule has 242 valence electrons. The molecule has 2 aromatic heterocycles. The lowest BCUT2D eigenvalue weighted by Crippen LogP contribution is -2.48. The lowest BCUT2D eigenvalue weighted by Gasteiger charge is -2.30. The van der Waals surface area contributed by atoms with Crippen LogP contribution < -0.4 is 15.6 Å². The van der Waals surface area contributed by atoms with Crippen molar-refractivity contribution in [1.82, 2.24) is 14.9 Å². The van der Waals surface area contributed by atoms with Crippen LogP contribution in [0.5, 0.6) is 5.75 Å². The van der Waals surface area contributed by atoms with Crippen molar-refractivity contribution in [2.24, 2.45) is 10.8 Å². The van der Waals surface area contributed by atoms with Gasteiger partial charge in [0, 0.05) is 22.6 Å². The second kappa shape index (κ2) is 12.0. The zero-order chi connectivity index (χ0) is 33.6. The molecule has 1 aliphatic rings. The van der Waals surface area contributed by atoms with E-state index in [-0.39, 0.29) is 36.1 Å². The molecule has 1 atom stereocenters. The van der Waals surface area contributed by atoms with Crippen molar-refractivity contribution in [2.45, 2.75) is 107 Å². The molecule has 2 N–H and O–H groups in total. The lowest BCUT2D eigenvalue weighted by molar-refractivity contribution is -0.154. The van der Waals surface area contributed by atoms with E-state index in [1.165, 1.54) is 0 Å². The van der Waals surface area contributed by atoms with E-state index in [0.717, 1.165) is 16.5 Å². The van der Waals surface area contributed by atoms with Crippen LogP contribution in [0.3, 0.4) is 0 Å². The highest BCUT2D eigenvalue weighted by Gasteiger charge is 2.42. The summed E-state index contributed by atoms with van der Waals surface area (Å²) in [4.78, 5) is 57.9. The number of rotatable bonds is 8. The Hall–Kier alpha value is -4.05. The lowest BCUT2D eigenvalue weighted by atomic mass is 9.86. The maximum Gasteiger partial charge on any atom is 0.316 e. The molecule has 10 nitrogen and oxygen atoms in total. The predicted octanol–water partition coefficient (Wildman–Crippen LogP) is 5.15. The van der Waals surface area contributed by atoms with Crippen LogP contribution in [0.15, 0.2) is 29.1 Å². The van der Waals surface area contributed by atoms with Gasteiger partial charge in [0.1, 0.15) is 12.4 Å². The largest absolute Gasteiger partial charge is 0.460 e. The molecule has 1 aromatic carbocycles. The molecule has 0 unspecified atom stereocenters. The van der Waals surface area contributed by atoms with E-state index in [4.69, 9.17) is 14.5 Å². The fourth-order valence-electron chi connectivity index (χ4n) is 5.38. The van der Waals surface area contributed by atoms with Gasteiger partial charge in [0.25, 0.3) is 11.5 Å². The number of nitrogens with one attached hydrogen (secondary N) is 1. The fourth-order valence-corrected chi connectivity index (χ4v) is 5.38. The number of hydrogen-bond acceptors (Lipinski definition) is 8. The van der Waals surface area contributed by atoms with Crippen molar-refractivity contribution in [3.8, 4) is 17.1 Å². The average molecular weight is 620 g/mol. The smallest absolute Gasteiger partial charge is 0.316 e. The molecule has 3 aromatic rings. The van der Waals surface area contributed by atoms with Crippen molar-refractivity contribution in [3.05, 3.63) is 56.9 Å². The van der Waals surface area contributed by atoms with Crippen LogP contribution >= 0.6 is 0 Å². The summed E-state index contributed by atoms with van der Waals surface area (Å²) in [5.41, 5.74) is -0.485. The van der Waals surface area contributed by atoms with Crippen molar-refractivity contribution in [1.29, 1.82) is 0 Å². The number of amides is 1. The van der Waals surface area contributed by atoms with Gasteiger partial charge in [0.05, 0.1) is 39.8 Å². The van der Waals surface area contributed by atoms with Gasteiger partial charge < -0.3 is 24.5 Å². The second-order valence-corrected chi connectivity index (χ2v) is 14.1. The van der Waals surface area contributed by atoms with Crippen LogP contribution in [0.1, 0.15) is 97.9 Å². The molecule has 0 saturated carbocycles. The number of aryl methyl sites for hydroxylation is 1. The predicted molar refractivity (Wildman–Crippen MR) is 172 cm³/mol. The Kier molecular flexibility index (Phi) is 9.05. The Morgan fingerprint density at radius 1 is 1.00 bits per heavy atom.